The van der Waals surface area contributed by atoms with Gasteiger partial charge >= 0.3 is 0 Å². The quantitative estimate of drug-likeness (QED) is 0.297. The van der Waals surface area contributed by atoms with Crippen LogP contribution in [0.2, 0.25) is 0 Å². The molecule has 0 spiro atoms. The minimum Gasteiger partial charge on any atom is -0.370 e. The van der Waals surface area contributed by atoms with Gasteiger partial charge in [0.15, 0.2) is 5.96 Å². The molecule has 7 nitrogen and oxygen atoms in total. The zero-order valence-electron chi connectivity index (χ0n) is 21.7. The van der Waals surface area contributed by atoms with Crippen LogP contribution < -0.4 is 11.1 Å². The summed E-state index contributed by atoms with van der Waals surface area (Å²) in [5.41, 5.74) is 9.34. The van der Waals surface area contributed by atoms with Crippen molar-refractivity contribution in [2.24, 2.45) is 10.7 Å². The maximum absolute atomic E-state index is 13.5. The molecule has 3 N–H and O–H groups in total. The lowest BCUT2D eigenvalue weighted by molar-refractivity contribution is 0.0934. The maximum atomic E-state index is 13.5. The Hall–Kier alpha value is -2.52. The van der Waals surface area contributed by atoms with Crippen LogP contribution in [-0.4, -0.2) is 64.4 Å². The van der Waals surface area contributed by atoms with Gasteiger partial charge in [-0.1, -0.05) is 0 Å². The number of thiophene rings is 1. The van der Waals surface area contributed by atoms with Crippen molar-refractivity contribution in [2.45, 2.75) is 84.0 Å². The zero-order chi connectivity index (χ0) is 25.7. The van der Waals surface area contributed by atoms with Gasteiger partial charge in [0, 0.05) is 38.3 Å². The van der Waals surface area contributed by atoms with Gasteiger partial charge in [-0.25, -0.2) is 9.98 Å². The molecule has 2 aliphatic rings. The van der Waals surface area contributed by atoms with E-state index in [0.29, 0.717) is 47.5 Å². The number of nitrogens with two attached hydrogens (primary N) is 1. The molecule has 0 aromatic carbocycles. The Labute approximate surface area is 218 Å². The number of nitrogens with one attached hydrogen (secondary N) is 1. The van der Waals surface area contributed by atoms with Gasteiger partial charge in [0.25, 0.3) is 5.91 Å². The fourth-order valence-corrected chi connectivity index (χ4v) is 5.85. The summed E-state index contributed by atoms with van der Waals surface area (Å²) in [6.45, 7) is 9.01. The smallest absolute Gasteiger partial charge is 0.253 e. The molecule has 0 bridgehead atoms. The van der Waals surface area contributed by atoms with Crippen LogP contribution in [0.4, 0.5) is 4.39 Å². The van der Waals surface area contributed by atoms with Crippen LogP contribution in [0.15, 0.2) is 27.9 Å². The fraction of sp³-hybridized carbons (Fsp3) is 0.593. The third-order valence-corrected chi connectivity index (χ3v) is 8.35. The molecule has 1 saturated heterocycles. The summed E-state index contributed by atoms with van der Waals surface area (Å²) >= 11 is 1.72. The topological polar surface area (TPSA) is 86.9 Å². The standard InChI is InChI=1S/C27H39FN6OS/c1-18-15-24(28)31-20(3)25(18)26(35)30-11-7-19(2)33-12-8-23(9-13-33)34(16-21-10-14-36-17-21)27(29)32-22-5-4-6-22/h10,14-15,17,19,22-23H,4-9,11-13,16H2,1-3H3,(H2,29,32)(H,30,35)/t19-/m1/s1. The van der Waals surface area contributed by atoms with Crippen molar-refractivity contribution in [1.29, 1.82) is 0 Å². The largest absolute Gasteiger partial charge is 0.370 e. The predicted octanol–water partition coefficient (Wildman–Crippen LogP) is 4.24. The van der Waals surface area contributed by atoms with Gasteiger partial charge in [-0.05, 0) is 93.3 Å². The van der Waals surface area contributed by atoms with Gasteiger partial charge in [0.05, 0.1) is 17.3 Å². The first-order chi connectivity index (χ1) is 17.3. The Morgan fingerprint density at radius 2 is 2.08 bits per heavy atom. The lowest BCUT2D eigenvalue weighted by Gasteiger charge is -2.41. The average molecular weight is 515 g/mol. The lowest BCUT2D eigenvalue weighted by atomic mass is 9.94. The van der Waals surface area contributed by atoms with Gasteiger partial charge in [0.1, 0.15) is 0 Å². The normalized spacial score (nSPS) is 18.6. The lowest BCUT2D eigenvalue weighted by Crippen LogP contribution is -2.51. The number of aromatic nitrogens is 1. The van der Waals surface area contributed by atoms with Crippen molar-refractivity contribution in [3.63, 3.8) is 0 Å². The van der Waals surface area contributed by atoms with E-state index in [1.54, 1.807) is 25.2 Å². The molecule has 0 unspecified atom stereocenters. The summed E-state index contributed by atoms with van der Waals surface area (Å²) in [6.07, 6.45) is 6.49. The molecule has 2 aromatic heterocycles. The van der Waals surface area contributed by atoms with Crippen molar-refractivity contribution in [3.05, 3.63) is 51.2 Å². The highest BCUT2D eigenvalue weighted by Crippen LogP contribution is 2.25. The second-order valence-corrected chi connectivity index (χ2v) is 11.0. The van der Waals surface area contributed by atoms with Crippen molar-refractivity contribution in [3.8, 4) is 0 Å². The first-order valence-corrected chi connectivity index (χ1v) is 14.0. The second-order valence-electron chi connectivity index (χ2n) is 10.2. The highest BCUT2D eigenvalue weighted by atomic mass is 32.1. The van der Waals surface area contributed by atoms with Crippen molar-refractivity contribution >= 4 is 23.2 Å². The van der Waals surface area contributed by atoms with Gasteiger partial charge in [-0.3, -0.25) is 4.79 Å². The second kappa shape index (κ2) is 12.1. The number of likely N-dealkylation sites (tertiary alicyclic amines) is 1. The van der Waals surface area contributed by atoms with E-state index in [1.165, 1.54) is 18.1 Å². The number of aliphatic imine (C=N–C) groups is 1. The van der Waals surface area contributed by atoms with E-state index in [2.05, 4.69) is 43.9 Å². The molecule has 1 atom stereocenters. The van der Waals surface area contributed by atoms with E-state index in [4.69, 9.17) is 10.7 Å². The number of guanidine groups is 1. The number of carbonyl (C=O) groups is 1. The minimum absolute atomic E-state index is 0.186. The number of hydrogen-bond acceptors (Lipinski definition) is 5. The zero-order valence-corrected chi connectivity index (χ0v) is 22.5. The number of rotatable bonds is 9. The van der Waals surface area contributed by atoms with Crippen LogP contribution in [-0.2, 0) is 6.54 Å². The van der Waals surface area contributed by atoms with Crippen molar-refractivity contribution in [1.82, 2.24) is 20.1 Å². The summed E-state index contributed by atoms with van der Waals surface area (Å²) in [5, 5.41) is 7.31. The number of hydrogen-bond donors (Lipinski definition) is 2. The Morgan fingerprint density at radius 1 is 1.33 bits per heavy atom. The first kappa shape index (κ1) is 26.5. The van der Waals surface area contributed by atoms with E-state index >= 15 is 0 Å². The van der Waals surface area contributed by atoms with E-state index < -0.39 is 5.95 Å². The molecule has 2 aromatic rings. The van der Waals surface area contributed by atoms with Crippen LogP contribution in [0.3, 0.4) is 0 Å². The fourth-order valence-electron chi connectivity index (χ4n) is 5.19. The first-order valence-electron chi connectivity index (χ1n) is 13.1. The van der Waals surface area contributed by atoms with E-state index in [-0.39, 0.29) is 5.91 Å². The number of piperidine rings is 1. The summed E-state index contributed by atoms with van der Waals surface area (Å²) in [5.74, 6) is -0.0433. The van der Waals surface area contributed by atoms with Gasteiger partial charge in [-0.2, -0.15) is 15.7 Å². The van der Waals surface area contributed by atoms with E-state index in [9.17, 15) is 9.18 Å². The maximum Gasteiger partial charge on any atom is 0.253 e. The molecular formula is C27H39FN6OS. The molecular weight excluding hydrogens is 475 g/mol. The molecule has 1 aliphatic carbocycles. The van der Waals surface area contributed by atoms with E-state index in [0.717, 1.165) is 51.7 Å². The third kappa shape index (κ3) is 6.62. The highest BCUT2D eigenvalue weighted by molar-refractivity contribution is 7.07. The summed E-state index contributed by atoms with van der Waals surface area (Å²) in [4.78, 5) is 26.1. The Balaban J connectivity index is 1.27. The molecule has 4 rings (SSSR count). The summed E-state index contributed by atoms with van der Waals surface area (Å²) < 4.78 is 13.5. The monoisotopic (exact) mass is 514 g/mol. The Bertz CT molecular complexity index is 1020. The van der Waals surface area contributed by atoms with Crippen molar-refractivity contribution in [2.75, 3.05) is 19.6 Å². The highest BCUT2D eigenvalue weighted by Gasteiger charge is 2.29. The molecule has 3 heterocycles. The van der Waals surface area contributed by atoms with Gasteiger partial charge < -0.3 is 20.9 Å². The van der Waals surface area contributed by atoms with Gasteiger partial charge in [0.2, 0.25) is 5.95 Å². The van der Waals surface area contributed by atoms with Crippen LogP contribution >= 0.6 is 11.3 Å². The molecule has 9 heteroatoms. The van der Waals surface area contributed by atoms with Crippen LogP contribution in [0.5, 0.6) is 0 Å². The SMILES string of the molecule is Cc1cc(F)nc(C)c1C(=O)NCC[C@@H](C)N1CCC(N(Cc2ccsc2)C(N)=NC2CCC2)CC1. The van der Waals surface area contributed by atoms with Crippen LogP contribution in [0, 0.1) is 19.8 Å². The average Bonchev–Trinajstić information content (AvgIpc) is 3.32. The molecule has 0 radical (unpaired) electrons. The Morgan fingerprint density at radius 3 is 2.69 bits per heavy atom. The molecule has 1 aliphatic heterocycles. The third-order valence-electron chi connectivity index (χ3n) is 7.62. The minimum atomic E-state index is -0.552. The number of pyridine rings is 1. The molecule has 1 saturated carbocycles. The Kier molecular flexibility index (Phi) is 8.95. The number of amides is 1. The predicted molar refractivity (Wildman–Crippen MR) is 144 cm³/mol. The van der Waals surface area contributed by atoms with Crippen LogP contribution in [0.25, 0.3) is 0 Å². The number of nitrogens with zero attached hydrogens (tertiary/aromatic N) is 4. The van der Waals surface area contributed by atoms with Crippen molar-refractivity contribution < 1.29 is 9.18 Å². The number of aryl methyl sites for hydroxylation is 2. The molecule has 196 valence electrons. The van der Waals surface area contributed by atoms with E-state index in [1.807, 2.05) is 0 Å². The number of carbonyl (C=O) groups excluding carboxylic acids is 1. The molecule has 1 amide bonds. The molecule has 2 fully saturated rings. The van der Waals surface area contributed by atoms with Gasteiger partial charge in [-0.15, -0.1) is 0 Å². The molecule has 36 heavy (non-hydrogen) atoms. The van der Waals surface area contributed by atoms with Crippen LogP contribution in [0.1, 0.15) is 72.6 Å². The summed E-state index contributed by atoms with van der Waals surface area (Å²) in [6, 6.07) is 4.61. The number of halogens is 1. The summed E-state index contributed by atoms with van der Waals surface area (Å²) in [7, 11) is 0.